The Morgan fingerprint density at radius 2 is 0.957 bits per heavy atom. The summed E-state index contributed by atoms with van der Waals surface area (Å²) in [6.45, 7) is 0. The minimum absolute atomic E-state index is 0.247. The van der Waals surface area contributed by atoms with E-state index in [-0.39, 0.29) is 11.5 Å². The largest absolute Gasteiger partial charge is 0.382 e. The van der Waals surface area contributed by atoms with E-state index in [9.17, 15) is 25.6 Å². The molecule has 2 rings (SSSR count). The maximum absolute atomic E-state index is 12.7. The van der Waals surface area contributed by atoms with Gasteiger partial charge in [-0.3, -0.25) is 0 Å². The highest BCUT2D eigenvalue weighted by Crippen LogP contribution is 2.17. The van der Waals surface area contributed by atoms with Crippen LogP contribution in [-0.2, 0) is 20.2 Å². The Balaban J connectivity index is 2.08. The Morgan fingerprint density at radius 1 is 0.652 bits per heavy atom. The fourth-order valence-electron chi connectivity index (χ4n) is 1.50. The molecule has 0 bridgehead atoms. The third kappa shape index (κ3) is 5.49. The maximum Gasteiger partial charge on any atom is 0.327 e. The first-order chi connectivity index (χ1) is 10.7. The third-order valence-corrected chi connectivity index (χ3v) is 5.56. The van der Waals surface area contributed by atoms with Crippen molar-refractivity contribution in [3.05, 3.63) is 60.2 Å². The molecular weight excluding hydrogens is 354 g/mol. The van der Waals surface area contributed by atoms with E-state index in [2.05, 4.69) is 8.37 Å². The fraction of sp³-hybridized carbons (Fsp3) is 0.0769. The number of benzene rings is 2. The molecule has 0 aliphatic heterocycles. The molecule has 6 nitrogen and oxygen atoms in total. The van der Waals surface area contributed by atoms with Gasteiger partial charge in [-0.1, -0.05) is 0 Å². The van der Waals surface area contributed by atoms with Crippen molar-refractivity contribution in [3.63, 3.8) is 0 Å². The predicted molar refractivity (Wildman–Crippen MR) is 76.8 cm³/mol. The van der Waals surface area contributed by atoms with Gasteiger partial charge in [0.2, 0.25) is 5.08 Å². The van der Waals surface area contributed by atoms with Crippen LogP contribution in [0.25, 0.3) is 0 Å². The van der Waals surface area contributed by atoms with Crippen LogP contribution in [0, 0.1) is 11.6 Å². The van der Waals surface area contributed by atoms with Crippen molar-refractivity contribution < 1.29 is 34.0 Å². The number of hydrogen-bond donors (Lipinski definition) is 0. The molecule has 0 atom stereocenters. The molecule has 0 aliphatic carbocycles. The van der Waals surface area contributed by atoms with Crippen LogP contribution < -0.4 is 8.37 Å². The van der Waals surface area contributed by atoms with Crippen molar-refractivity contribution >= 4 is 20.2 Å². The number of halogens is 2. The van der Waals surface area contributed by atoms with E-state index in [0.29, 0.717) is 0 Å². The van der Waals surface area contributed by atoms with Gasteiger partial charge in [-0.15, -0.1) is 0 Å². The van der Waals surface area contributed by atoms with E-state index in [1.807, 2.05) is 0 Å². The molecule has 0 aromatic heterocycles. The van der Waals surface area contributed by atoms with E-state index in [1.165, 1.54) is 0 Å². The molecule has 0 heterocycles. The minimum Gasteiger partial charge on any atom is -0.382 e. The standard InChI is InChI=1S/C13H10F2O6S2/c14-10-1-5-12(6-2-10)20-22(16,17)9-23(18,19)21-13-7-3-11(15)4-8-13/h1-8H,9H2. The molecule has 0 aliphatic rings. The van der Waals surface area contributed by atoms with Crippen molar-refractivity contribution in [2.45, 2.75) is 0 Å². The van der Waals surface area contributed by atoms with E-state index >= 15 is 0 Å². The van der Waals surface area contributed by atoms with Crippen LogP contribution in [0.5, 0.6) is 11.5 Å². The summed E-state index contributed by atoms with van der Waals surface area (Å²) in [6.07, 6.45) is 0. The van der Waals surface area contributed by atoms with Crippen molar-refractivity contribution in [1.29, 1.82) is 0 Å². The molecule has 0 fully saturated rings. The van der Waals surface area contributed by atoms with Gasteiger partial charge in [0.1, 0.15) is 23.1 Å². The molecule has 10 heteroatoms. The highest BCUT2D eigenvalue weighted by molar-refractivity contribution is 8.04. The molecule has 0 radical (unpaired) electrons. The summed E-state index contributed by atoms with van der Waals surface area (Å²) in [4.78, 5) is 0. The zero-order valence-electron chi connectivity index (χ0n) is 11.3. The lowest BCUT2D eigenvalue weighted by atomic mass is 10.3. The molecule has 0 amide bonds. The molecule has 0 spiro atoms. The lowest BCUT2D eigenvalue weighted by molar-refractivity contribution is 0.473. The van der Waals surface area contributed by atoms with Gasteiger partial charge in [-0.2, -0.15) is 16.8 Å². The zero-order valence-corrected chi connectivity index (χ0v) is 13.0. The van der Waals surface area contributed by atoms with Crippen LogP contribution >= 0.6 is 0 Å². The summed E-state index contributed by atoms with van der Waals surface area (Å²) in [5, 5.41) is -1.46. The second kappa shape index (κ2) is 6.50. The van der Waals surface area contributed by atoms with Gasteiger partial charge in [0.15, 0.2) is 0 Å². The van der Waals surface area contributed by atoms with Gasteiger partial charge in [0, 0.05) is 0 Å². The third-order valence-electron chi connectivity index (χ3n) is 2.36. The molecular formula is C13H10F2O6S2. The molecule has 2 aromatic rings. The molecule has 0 N–H and O–H groups in total. The molecule has 0 saturated heterocycles. The quantitative estimate of drug-likeness (QED) is 0.729. The molecule has 124 valence electrons. The molecule has 0 unspecified atom stereocenters. The van der Waals surface area contributed by atoms with Gasteiger partial charge in [0.25, 0.3) is 0 Å². The molecule has 23 heavy (non-hydrogen) atoms. The first-order valence-electron chi connectivity index (χ1n) is 6.01. The minimum atomic E-state index is -4.54. The first-order valence-corrected chi connectivity index (χ1v) is 9.16. The van der Waals surface area contributed by atoms with Crippen LogP contribution in [0.1, 0.15) is 0 Å². The van der Waals surface area contributed by atoms with Gasteiger partial charge < -0.3 is 8.37 Å². The van der Waals surface area contributed by atoms with Crippen molar-refractivity contribution in [1.82, 2.24) is 0 Å². The average Bonchev–Trinajstić information content (AvgIpc) is 2.42. The highest BCUT2D eigenvalue weighted by atomic mass is 32.3. The summed E-state index contributed by atoms with van der Waals surface area (Å²) in [6, 6.07) is 7.92. The van der Waals surface area contributed by atoms with E-state index in [0.717, 1.165) is 48.5 Å². The van der Waals surface area contributed by atoms with Gasteiger partial charge in [-0.05, 0) is 48.5 Å². The second-order valence-electron chi connectivity index (χ2n) is 4.31. The SMILES string of the molecule is O=S(=O)(CS(=O)(=O)Oc1ccc(F)cc1)Oc1ccc(F)cc1. The van der Waals surface area contributed by atoms with Crippen LogP contribution in [-0.4, -0.2) is 21.9 Å². The van der Waals surface area contributed by atoms with Crippen LogP contribution in [0.2, 0.25) is 0 Å². The maximum atomic E-state index is 12.7. The summed E-state index contributed by atoms with van der Waals surface area (Å²) >= 11 is 0. The normalized spacial score (nSPS) is 11.9. The first kappa shape index (κ1) is 17.2. The van der Waals surface area contributed by atoms with E-state index in [1.54, 1.807) is 0 Å². The van der Waals surface area contributed by atoms with E-state index in [4.69, 9.17) is 0 Å². The van der Waals surface area contributed by atoms with E-state index < -0.39 is 37.0 Å². The van der Waals surface area contributed by atoms with Crippen molar-refractivity contribution in [2.24, 2.45) is 0 Å². The smallest absolute Gasteiger partial charge is 0.327 e. The summed E-state index contributed by atoms with van der Waals surface area (Å²) in [5.41, 5.74) is 0. The van der Waals surface area contributed by atoms with Crippen molar-refractivity contribution in [2.75, 3.05) is 5.08 Å². The fourth-order valence-corrected chi connectivity index (χ4v) is 4.11. The molecule has 0 saturated carbocycles. The zero-order chi connectivity index (χ0) is 17.1. The Kier molecular flexibility index (Phi) is 4.85. The van der Waals surface area contributed by atoms with Crippen LogP contribution in [0.4, 0.5) is 8.78 Å². The monoisotopic (exact) mass is 364 g/mol. The number of rotatable bonds is 6. The lowest BCUT2D eigenvalue weighted by Crippen LogP contribution is -2.24. The summed E-state index contributed by atoms with van der Waals surface area (Å²) < 4.78 is 81.3. The topological polar surface area (TPSA) is 86.7 Å². The van der Waals surface area contributed by atoms with Gasteiger partial charge in [-0.25, -0.2) is 8.78 Å². The Bertz CT molecular complexity index is 800. The van der Waals surface area contributed by atoms with Crippen molar-refractivity contribution in [3.8, 4) is 11.5 Å². The summed E-state index contributed by atoms with van der Waals surface area (Å²) in [7, 11) is -9.09. The van der Waals surface area contributed by atoms with Crippen LogP contribution in [0.15, 0.2) is 48.5 Å². The Morgan fingerprint density at radius 3 is 1.26 bits per heavy atom. The molecule has 2 aromatic carbocycles. The Labute approximate surface area is 131 Å². The van der Waals surface area contributed by atoms with Gasteiger partial charge in [0.05, 0.1) is 0 Å². The summed E-state index contributed by atoms with van der Waals surface area (Å²) in [5.74, 6) is -1.71. The average molecular weight is 364 g/mol. The second-order valence-corrected chi connectivity index (χ2v) is 7.81. The van der Waals surface area contributed by atoms with Gasteiger partial charge >= 0.3 is 20.2 Å². The number of hydrogen-bond acceptors (Lipinski definition) is 6. The highest BCUT2D eigenvalue weighted by Gasteiger charge is 2.26. The predicted octanol–water partition coefficient (Wildman–Crippen LogP) is 2.04. The lowest BCUT2D eigenvalue weighted by Gasteiger charge is -2.09. The van der Waals surface area contributed by atoms with Crippen LogP contribution in [0.3, 0.4) is 0 Å². The Hall–Kier alpha value is -2.20.